The summed E-state index contributed by atoms with van der Waals surface area (Å²) >= 11 is 0. The second-order valence-electron chi connectivity index (χ2n) is 5.51. The fourth-order valence-electron chi connectivity index (χ4n) is 2.49. The van der Waals surface area contributed by atoms with Gasteiger partial charge >= 0.3 is 0 Å². The average molecular weight is 310 g/mol. The first-order valence-electron chi connectivity index (χ1n) is 7.40. The van der Waals surface area contributed by atoms with E-state index >= 15 is 0 Å². The van der Waals surface area contributed by atoms with E-state index in [1.54, 1.807) is 25.0 Å². The van der Waals surface area contributed by atoms with Gasteiger partial charge in [0.25, 0.3) is 5.91 Å². The zero-order chi connectivity index (χ0) is 16.4. The number of nitrogens with zero attached hydrogens (tertiary/aromatic N) is 2. The van der Waals surface area contributed by atoms with Crippen molar-refractivity contribution in [3.05, 3.63) is 71.0 Å². The molecule has 0 spiro atoms. The lowest BCUT2D eigenvalue weighted by Crippen LogP contribution is -2.31. The first-order valence-corrected chi connectivity index (χ1v) is 7.40. The van der Waals surface area contributed by atoms with Gasteiger partial charge in [0.05, 0.1) is 18.5 Å². The minimum atomic E-state index is -0.151. The molecule has 0 saturated carbocycles. The Hall–Kier alpha value is -2.82. The Morgan fingerprint density at radius 2 is 1.87 bits per heavy atom. The third-order valence-corrected chi connectivity index (χ3v) is 3.73. The Labute approximate surface area is 134 Å². The summed E-state index contributed by atoms with van der Waals surface area (Å²) in [6, 6.07) is 11.5. The Bertz CT molecular complexity index is 782. The second-order valence-corrected chi connectivity index (χ2v) is 5.51. The fraction of sp³-hybridized carbons (Fsp3) is 0.222. The number of hydrogen-bond donors (Lipinski definition) is 0. The summed E-state index contributed by atoms with van der Waals surface area (Å²) in [4.78, 5) is 14.7. The summed E-state index contributed by atoms with van der Waals surface area (Å²) in [5.41, 5.74) is 3.02. The minimum Gasteiger partial charge on any atom is -0.467 e. The topological polar surface area (TPSA) is 59.5 Å². The Morgan fingerprint density at radius 3 is 2.43 bits per heavy atom. The monoisotopic (exact) mass is 310 g/mol. The Morgan fingerprint density at radius 1 is 1.13 bits per heavy atom. The lowest BCUT2D eigenvalue weighted by atomic mass is 10.1. The molecule has 0 atom stereocenters. The van der Waals surface area contributed by atoms with E-state index in [4.69, 9.17) is 8.94 Å². The number of hydrogen-bond acceptors (Lipinski definition) is 4. The normalized spacial score (nSPS) is 10.7. The van der Waals surface area contributed by atoms with E-state index in [1.807, 2.05) is 43.3 Å². The summed E-state index contributed by atoms with van der Waals surface area (Å²) in [6.07, 6.45) is 1.60. The molecule has 118 valence electrons. The van der Waals surface area contributed by atoms with Crippen LogP contribution in [0.3, 0.4) is 0 Å². The maximum Gasteiger partial charge on any atom is 0.264 e. The third kappa shape index (κ3) is 3.04. The van der Waals surface area contributed by atoms with Crippen LogP contribution in [0.15, 0.2) is 51.6 Å². The van der Waals surface area contributed by atoms with E-state index in [1.165, 1.54) is 0 Å². The molecule has 2 heterocycles. The lowest BCUT2D eigenvalue weighted by Gasteiger charge is -2.22. The molecule has 5 nitrogen and oxygen atoms in total. The van der Waals surface area contributed by atoms with E-state index in [2.05, 4.69) is 5.16 Å². The summed E-state index contributed by atoms with van der Waals surface area (Å²) in [7, 11) is 0. The van der Waals surface area contributed by atoms with Crippen LogP contribution < -0.4 is 4.90 Å². The fourth-order valence-corrected chi connectivity index (χ4v) is 2.49. The van der Waals surface area contributed by atoms with E-state index in [0.29, 0.717) is 29.3 Å². The van der Waals surface area contributed by atoms with Crippen LogP contribution in [0.4, 0.5) is 5.69 Å². The van der Waals surface area contributed by atoms with Gasteiger partial charge in [0.1, 0.15) is 17.1 Å². The summed E-state index contributed by atoms with van der Waals surface area (Å²) < 4.78 is 10.5. The van der Waals surface area contributed by atoms with Gasteiger partial charge in [0, 0.05) is 5.69 Å². The Kier molecular flexibility index (Phi) is 4.02. The molecule has 0 N–H and O–H groups in total. The highest BCUT2D eigenvalue weighted by molar-refractivity contribution is 6.07. The summed E-state index contributed by atoms with van der Waals surface area (Å²) in [5.74, 6) is 1.08. The van der Waals surface area contributed by atoms with Crippen molar-refractivity contribution in [1.82, 2.24) is 5.16 Å². The van der Waals surface area contributed by atoms with Crippen LogP contribution in [0, 0.1) is 20.8 Å². The lowest BCUT2D eigenvalue weighted by molar-refractivity contribution is 0.0981. The van der Waals surface area contributed by atoms with Crippen molar-refractivity contribution < 1.29 is 13.7 Å². The zero-order valence-electron chi connectivity index (χ0n) is 13.4. The maximum absolute atomic E-state index is 13.0. The molecule has 2 aromatic heterocycles. The van der Waals surface area contributed by atoms with E-state index in [-0.39, 0.29) is 5.91 Å². The molecule has 3 aromatic rings. The van der Waals surface area contributed by atoms with Crippen LogP contribution in [-0.2, 0) is 6.54 Å². The van der Waals surface area contributed by atoms with E-state index < -0.39 is 0 Å². The van der Waals surface area contributed by atoms with Crippen molar-refractivity contribution in [3.63, 3.8) is 0 Å². The number of carbonyl (C=O) groups excluding carboxylic acids is 1. The number of aromatic nitrogens is 1. The molecule has 0 aliphatic heterocycles. The number of carbonyl (C=O) groups is 1. The molecular weight excluding hydrogens is 292 g/mol. The van der Waals surface area contributed by atoms with Crippen molar-refractivity contribution in [2.75, 3.05) is 4.90 Å². The molecule has 23 heavy (non-hydrogen) atoms. The predicted molar refractivity (Wildman–Crippen MR) is 86.4 cm³/mol. The molecule has 1 amide bonds. The molecule has 0 fully saturated rings. The Balaban J connectivity index is 2.00. The molecule has 0 saturated heterocycles. The smallest absolute Gasteiger partial charge is 0.264 e. The highest BCUT2D eigenvalue weighted by Crippen LogP contribution is 2.23. The minimum absolute atomic E-state index is 0.151. The highest BCUT2D eigenvalue weighted by atomic mass is 16.5. The molecule has 5 heteroatoms. The van der Waals surface area contributed by atoms with Gasteiger partial charge in [0.2, 0.25) is 0 Å². The maximum atomic E-state index is 13.0. The molecule has 0 aliphatic rings. The van der Waals surface area contributed by atoms with Crippen LogP contribution in [0.2, 0.25) is 0 Å². The third-order valence-electron chi connectivity index (χ3n) is 3.73. The number of rotatable bonds is 4. The molecule has 1 aromatic carbocycles. The van der Waals surface area contributed by atoms with Gasteiger partial charge in [-0.05, 0) is 45.0 Å². The molecule has 0 radical (unpaired) electrons. The van der Waals surface area contributed by atoms with E-state index in [9.17, 15) is 4.79 Å². The van der Waals surface area contributed by atoms with Crippen molar-refractivity contribution in [2.45, 2.75) is 27.3 Å². The van der Waals surface area contributed by atoms with Gasteiger partial charge in [-0.25, -0.2) is 0 Å². The number of benzene rings is 1. The van der Waals surface area contributed by atoms with Crippen LogP contribution in [0.5, 0.6) is 0 Å². The number of anilines is 1. The SMILES string of the molecule is Cc1ccc(N(Cc2ccco2)C(=O)c2c(C)noc2C)cc1. The van der Waals surface area contributed by atoms with Crippen LogP contribution in [-0.4, -0.2) is 11.1 Å². The van der Waals surface area contributed by atoms with Gasteiger partial charge in [-0.15, -0.1) is 0 Å². The second kappa shape index (κ2) is 6.12. The van der Waals surface area contributed by atoms with Crippen LogP contribution in [0.25, 0.3) is 0 Å². The molecule has 3 rings (SSSR count). The summed E-state index contributed by atoms with van der Waals surface area (Å²) in [5, 5.41) is 3.88. The van der Waals surface area contributed by atoms with Crippen molar-refractivity contribution in [1.29, 1.82) is 0 Å². The van der Waals surface area contributed by atoms with Gasteiger partial charge in [-0.3, -0.25) is 4.79 Å². The first-order chi connectivity index (χ1) is 11.1. The largest absolute Gasteiger partial charge is 0.467 e. The predicted octanol–water partition coefficient (Wildman–Crippen LogP) is 4.04. The number of aryl methyl sites for hydroxylation is 3. The first kappa shape index (κ1) is 15.1. The van der Waals surface area contributed by atoms with Gasteiger partial charge in [-0.1, -0.05) is 22.9 Å². The summed E-state index contributed by atoms with van der Waals surface area (Å²) in [6.45, 7) is 5.87. The quantitative estimate of drug-likeness (QED) is 0.729. The van der Waals surface area contributed by atoms with Crippen LogP contribution in [0.1, 0.15) is 33.1 Å². The van der Waals surface area contributed by atoms with Crippen molar-refractivity contribution >= 4 is 11.6 Å². The molecule has 0 bridgehead atoms. The van der Waals surface area contributed by atoms with Crippen molar-refractivity contribution in [2.24, 2.45) is 0 Å². The number of amides is 1. The zero-order valence-corrected chi connectivity index (χ0v) is 13.4. The molecule has 0 unspecified atom stereocenters. The van der Waals surface area contributed by atoms with Crippen LogP contribution >= 0.6 is 0 Å². The average Bonchev–Trinajstić information content (AvgIpc) is 3.15. The van der Waals surface area contributed by atoms with Gasteiger partial charge < -0.3 is 13.8 Å². The molecular formula is C18H18N2O3. The van der Waals surface area contributed by atoms with Gasteiger partial charge in [-0.2, -0.15) is 0 Å². The van der Waals surface area contributed by atoms with Crippen molar-refractivity contribution in [3.8, 4) is 0 Å². The number of furan rings is 1. The van der Waals surface area contributed by atoms with Gasteiger partial charge in [0.15, 0.2) is 0 Å². The standard InChI is InChI=1S/C18H18N2O3/c1-12-6-8-15(9-7-12)20(11-16-5-4-10-22-16)18(21)17-13(2)19-23-14(17)3/h4-10H,11H2,1-3H3. The molecule has 0 aliphatic carbocycles. The van der Waals surface area contributed by atoms with E-state index in [0.717, 1.165) is 11.3 Å². The highest BCUT2D eigenvalue weighted by Gasteiger charge is 2.25.